The van der Waals surface area contributed by atoms with Gasteiger partial charge in [-0.1, -0.05) is 18.2 Å². The Labute approximate surface area is 82.8 Å². The van der Waals surface area contributed by atoms with Crippen molar-refractivity contribution < 1.29 is 0 Å². The van der Waals surface area contributed by atoms with Gasteiger partial charge in [0.1, 0.15) is 0 Å². The van der Waals surface area contributed by atoms with E-state index in [-0.39, 0.29) is 0 Å². The summed E-state index contributed by atoms with van der Waals surface area (Å²) in [6.07, 6.45) is 1.87. The van der Waals surface area contributed by atoms with Crippen molar-refractivity contribution in [3.63, 3.8) is 0 Å². The predicted molar refractivity (Wildman–Crippen MR) is 55.7 cm³/mol. The normalized spacial score (nSPS) is 14.4. The van der Waals surface area contributed by atoms with Crippen molar-refractivity contribution in [2.24, 2.45) is 4.99 Å². The Bertz CT molecular complexity index is 322. The molecule has 68 valence electrons. The third-order valence-electron chi connectivity index (χ3n) is 2.10. The first-order valence-electron chi connectivity index (χ1n) is 4.32. The number of aliphatic imine (C=N–C) groups is 1. The molecule has 0 aromatic heterocycles. The Balaban J connectivity index is 2.19. The molecule has 0 aliphatic carbocycles. The van der Waals surface area contributed by atoms with Crippen LogP contribution in [0.25, 0.3) is 0 Å². The first-order valence-corrected chi connectivity index (χ1v) is 4.86. The molecule has 2 rings (SSSR count). The van der Waals surface area contributed by atoms with Crippen molar-refractivity contribution in [3.05, 3.63) is 29.8 Å². The van der Waals surface area contributed by atoms with Gasteiger partial charge in [0.15, 0.2) is 0 Å². The summed E-state index contributed by atoms with van der Waals surface area (Å²) >= 11 is 5.66. The van der Waals surface area contributed by atoms with Gasteiger partial charge in [0.05, 0.1) is 12.0 Å². The highest BCUT2D eigenvalue weighted by atomic mass is 35.5. The monoisotopic (exact) mass is 194 g/mol. The van der Waals surface area contributed by atoms with Gasteiger partial charge in [-0.15, -0.1) is 11.6 Å². The summed E-state index contributed by atoms with van der Waals surface area (Å²) < 4.78 is 0. The van der Waals surface area contributed by atoms with E-state index in [1.807, 2.05) is 24.5 Å². The van der Waals surface area contributed by atoms with Crippen LogP contribution in [0.2, 0.25) is 0 Å². The number of fused-ring (bicyclic) bond motifs is 1. The van der Waals surface area contributed by atoms with E-state index in [9.17, 15) is 0 Å². The van der Waals surface area contributed by atoms with E-state index < -0.39 is 0 Å². The number of para-hydroxylation sites is 1. The van der Waals surface area contributed by atoms with Crippen LogP contribution in [0.5, 0.6) is 0 Å². The summed E-state index contributed by atoms with van der Waals surface area (Å²) in [7, 11) is 0. The molecule has 0 amide bonds. The molecule has 0 atom stereocenters. The van der Waals surface area contributed by atoms with Crippen LogP contribution in [0.1, 0.15) is 5.56 Å². The summed E-state index contributed by atoms with van der Waals surface area (Å²) in [5, 5.41) is 0. The van der Waals surface area contributed by atoms with Crippen LogP contribution < -0.4 is 0 Å². The van der Waals surface area contributed by atoms with Gasteiger partial charge in [-0.05, 0) is 11.6 Å². The molecular formula is C10H11ClN2. The Morgan fingerprint density at radius 3 is 3.08 bits per heavy atom. The number of alkyl halides is 1. The number of hydrogen-bond acceptors (Lipinski definition) is 2. The molecule has 0 spiro atoms. The Kier molecular flexibility index (Phi) is 2.50. The van der Waals surface area contributed by atoms with E-state index in [2.05, 4.69) is 16.0 Å². The van der Waals surface area contributed by atoms with Gasteiger partial charge in [0.2, 0.25) is 0 Å². The fraction of sp³-hybridized carbons (Fsp3) is 0.300. The first kappa shape index (κ1) is 8.57. The minimum atomic E-state index is 0.647. The molecule has 3 heteroatoms. The van der Waals surface area contributed by atoms with Crippen LogP contribution in [-0.4, -0.2) is 23.7 Å². The van der Waals surface area contributed by atoms with Crippen molar-refractivity contribution in [3.8, 4) is 0 Å². The van der Waals surface area contributed by atoms with Gasteiger partial charge in [-0.25, -0.2) is 4.99 Å². The van der Waals surface area contributed by atoms with Crippen molar-refractivity contribution in [1.82, 2.24) is 4.90 Å². The van der Waals surface area contributed by atoms with E-state index >= 15 is 0 Å². The minimum absolute atomic E-state index is 0.647. The predicted octanol–water partition coefficient (Wildman–Crippen LogP) is 2.40. The molecule has 1 aromatic rings. The smallest absolute Gasteiger partial charge is 0.0915 e. The van der Waals surface area contributed by atoms with Gasteiger partial charge in [-0.2, -0.15) is 0 Å². The quantitative estimate of drug-likeness (QED) is 0.661. The average Bonchev–Trinajstić information content (AvgIpc) is 2.18. The van der Waals surface area contributed by atoms with Crippen molar-refractivity contribution in [2.75, 3.05) is 12.4 Å². The lowest BCUT2D eigenvalue weighted by molar-refractivity contribution is 0.445. The minimum Gasteiger partial charge on any atom is -0.357 e. The van der Waals surface area contributed by atoms with Gasteiger partial charge in [0, 0.05) is 19.0 Å². The summed E-state index contributed by atoms with van der Waals surface area (Å²) in [5.41, 5.74) is 2.35. The molecule has 0 unspecified atom stereocenters. The third kappa shape index (κ3) is 1.83. The van der Waals surface area contributed by atoms with Crippen LogP contribution >= 0.6 is 11.6 Å². The molecule has 1 heterocycles. The molecule has 0 fully saturated rings. The van der Waals surface area contributed by atoms with Gasteiger partial charge in [0.25, 0.3) is 0 Å². The Hall–Kier alpha value is -1.02. The number of rotatable bonds is 2. The third-order valence-corrected chi connectivity index (χ3v) is 2.27. The molecule has 0 saturated heterocycles. The van der Waals surface area contributed by atoms with E-state index in [0.29, 0.717) is 5.88 Å². The molecule has 1 aliphatic rings. The number of hydrogen-bond donors (Lipinski definition) is 0. The fourth-order valence-electron chi connectivity index (χ4n) is 1.42. The topological polar surface area (TPSA) is 15.6 Å². The van der Waals surface area contributed by atoms with E-state index in [1.54, 1.807) is 0 Å². The molecule has 2 nitrogen and oxygen atoms in total. The SMILES string of the molecule is ClCCN1C=Nc2ccccc2C1. The maximum absolute atomic E-state index is 5.66. The van der Waals surface area contributed by atoms with Crippen molar-refractivity contribution in [1.29, 1.82) is 0 Å². The molecule has 0 N–H and O–H groups in total. The number of benzene rings is 1. The first-order chi connectivity index (χ1) is 6.40. The van der Waals surface area contributed by atoms with Crippen LogP contribution in [0, 0.1) is 0 Å². The second kappa shape index (κ2) is 3.79. The number of halogens is 1. The zero-order chi connectivity index (χ0) is 9.10. The fourth-order valence-corrected chi connectivity index (χ4v) is 1.64. The summed E-state index contributed by atoms with van der Waals surface area (Å²) in [6, 6.07) is 8.18. The maximum Gasteiger partial charge on any atom is 0.0915 e. The highest BCUT2D eigenvalue weighted by molar-refractivity contribution is 6.18. The molecule has 0 bridgehead atoms. The molecule has 13 heavy (non-hydrogen) atoms. The standard InChI is InChI=1S/C10H11ClN2/c11-5-6-13-7-9-3-1-2-4-10(9)12-8-13/h1-4,8H,5-7H2. The summed E-state index contributed by atoms with van der Waals surface area (Å²) in [4.78, 5) is 6.46. The largest absolute Gasteiger partial charge is 0.357 e. The average molecular weight is 195 g/mol. The van der Waals surface area contributed by atoms with Crippen LogP contribution in [0.15, 0.2) is 29.3 Å². The van der Waals surface area contributed by atoms with Crippen LogP contribution in [0.3, 0.4) is 0 Å². The molecular weight excluding hydrogens is 184 g/mol. The maximum atomic E-state index is 5.66. The Morgan fingerprint density at radius 2 is 2.23 bits per heavy atom. The molecule has 1 aromatic carbocycles. The lowest BCUT2D eigenvalue weighted by Crippen LogP contribution is -2.25. The van der Waals surface area contributed by atoms with E-state index in [4.69, 9.17) is 11.6 Å². The van der Waals surface area contributed by atoms with Gasteiger partial charge >= 0.3 is 0 Å². The molecule has 1 aliphatic heterocycles. The highest BCUT2D eigenvalue weighted by Gasteiger charge is 2.09. The lowest BCUT2D eigenvalue weighted by atomic mass is 10.1. The second-order valence-electron chi connectivity index (χ2n) is 3.03. The van der Waals surface area contributed by atoms with Gasteiger partial charge in [-0.3, -0.25) is 0 Å². The Morgan fingerprint density at radius 1 is 1.38 bits per heavy atom. The lowest BCUT2D eigenvalue weighted by Gasteiger charge is -2.22. The highest BCUT2D eigenvalue weighted by Crippen LogP contribution is 2.22. The zero-order valence-corrected chi connectivity index (χ0v) is 8.04. The summed E-state index contributed by atoms with van der Waals surface area (Å²) in [5.74, 6) is 0.647. The van der Waals surface area contributed by atoms with Gasteiger partial charge < -0.3 is 4.90 Å². The van der Waals surface area contributed by atoms with Crippen molar-refractivity contribution >= 4 is 23.6 Å². The summed E-state index contributed by atoms with van der Waals surface area (Å²) in [6.45, 7) is 1.78. The van der Waals surface area contributed by atoms with E-state index in [0.717, 1.165) is 18.8 Å². The zero-order valence-electron chi connectivity index (χ0n) is 7.28. The molecule has 0 saturated carbocycles. The number of nitrogens with zero attached hydrogens (tertiary/aromatic N) is 2. The van der Waals surface area contributed by atoms with Crippen LogP contribution in [-0.2, 0) is 6.54 Å². The second-order valence-corrected chi connectivity index (χ2v) is 3.41. The van der Waals surface area contributed by atoms with Crippen molar-refractivity contribution in [2.45, 2.75) is 6.54 Å². The van der Waals surface area contributed by atoms with Crippen LogP contribution in [0.4, 0.5) is 5.69 Å². The van der Waals surface area contributed by atoms with E-state index in [1.165, 1.54) is 5.56 Å². The molecule has 0 radical (unpaired) electrons.